The van der Waals surface area contributed by atoms with Gasteiger partial charge in [0.2, 0.25) is 0 Å². The second kappa shape index (κ2) is 5.71. The minimum atomic E-state index is 0.807. The van der Waals surface area contributed by atoms with E-state index < -0.39 is 0 Å². The number of benzene rings is 1. The molecule has 0 radical (unpaired) electrons. The summed E-state index contributed by atoms with van der Waals surface area (Å²) in [5.74, 6) is 0. The van der Waals surface area contributed by atoms with E-state index in [1.54, 1.807) is 17.5 Å². The maximum absolute atomic E-state index is 4.23. The monoisotopic (exact) mass is 269 g/mol. The Hall–Kier alpha value is -2.07. The van der Waals surface area contributed by atoms with E-state index in [2.05, 4.69) is 52.2 Å². The molecule has 0 atom stereocenters. The Morgan fingerprint density at radius 1 is 1.16 bits per heavy atom. The summed E-state index contributed by atoms with van der Waals surface area (Å²) in [6, 6.07) is 14.6. The van der Waals surface area contributed by atoms with E-state index in [4.69, 9.17) is 0 Å². The van der Waals surface area contributed by atoms with E-state index >= 15 is 0 Å². The fraction of sp³-hybridized carbons (Fsp3) is 0.133. The molecular formula is C15H15N3S. The molecule has 0 saturated carbocycles. The van der Waals surface area contributed by atoms with E-state index in [0.717, 1.165) is 18.8 Å². The average molecular weight is 269 g/mol. The van der Waals surface area contributed by atoms with Gasteiger partial charge in [-0.2, -0.15) is 5.10 Å². The highest BCUT2D eigenvalue weighted by atomic mass is 32.1. The van der Waals surface area contributed by atoms with Crippen LogP contribution in [0.15, 0.2) is 60.2 Å². The maximum atomic E-state index is 4.23. The summed E-state index contributed by atoms with van der Waals surface area (Å²) in [4.78, 5) is 1.34. The van der Waals surface area contributed by atoms with Gasteiger partial charge in [-0.15, -0.1) is 11.3 Å². The summed E-state index contributed by atoms with van der Waals surface area (Å²) < 4.78 is 1.93. The van der Waals surface area contributed by atoms with Gasteiger partial charge in [-0.25, -0.2) is 0 Å². The lowest BCUT2D eigenvalue weighted by atomic mass is 10.2. The van der Waals surface area contributed by atoms with Crippen LogP contribution in [0.25, 0.3) is 0 Å². The Balaban J connectivity index is 1.66. The van der Waals surface area contributed by atoms with Gasteiger partial charge >= 0.3 is 0 Å². The first kappa shape index (κ1) is 12.0. The van der Waals surface area contributed by atoms with Gasteiger partial charge in [0.05, 0.1) is 6.54 Å². The molecule has 0 unspecified atom stereocenters. The van der Waals surface area contributed by atoms with Crippen LogP contribution in [-0.4, -0.2) is 9.78 Å². The maximum Gasteiger partial charge on any atom is 0.0660 e. The molecule has 4 heteroatoms. The topological polar surface area (TPSA) is 29.9 Å². The summed E-state index contributed by atoms with van der Waals surface area (Å²) in [5, 5.41) is 9.78. The molecule has 2 aromatic heterocycles. The Labute approximate surface area is 116 Å². The van der Waals surface area contributed by atoms with Gasteiger partial charge in [0.25, 0.3) is 0 Å². The van der Waals surface area contributed by atoms with Crippen LogP contribution in [0.4, 0.5) is 5.69 Å². The molecule has 0 saturated heterocycles. The molecule has 3 nitrogen and oxygen atoms in total. The van der Waals surface area contributed by atoms with Crippen molar-refractivity contribution in [3.05, 3.63) is 70.7 Å². The lowest BCUT2D eigenvalue weighted by Crippen LogP contribution is -2.02. The van der Waals surface area contributed by atoms with Crippen molar-refractivity contribution in [2.45, 2.75) is 13.1 Å². The zero-order chi connectivity index (χ0) is 12.9. The second-order valence-corrected chi connectivity index (χ2v) is 5.37. The van der Waals surface area contributed by atoms with Crippen molar-refractivity contribution in [3.63, 3.8) is 0 Å². The number of hydrogen-bond donors (Lipinski definition) is 1. The van der Waals surface area contributed by atoms with E-state index in [1.807, 2.05) is 16.9 Å². The number of rotatable bonds is 5. The van der Waals surface area contributed by atoms with Gasteiger partial charge < -0.3 is 5.32 Å². The van der Waals surface area contributed by atoms with Crippen LogP contribution in [0.1, 0.15) is 10.4 Å². The normalized spacial score (nSPS) is 10.5. The number of anilines is 1. The van der Waals surface area contributed by atoms with Gasteiger partial charge in [0, 0.05) is 29.5 Å². The Bertz CT molecular complexity index is 615. The van der Waals surface area contributed by atoms with Gasteiger partial charge in [0.15, 0.2) is 0 Å². The molecule has 0 spiro atoms. The summed E-state index contributed by atoms with van der Waals surface area (Å²) in [6.07, 6.45) is 3.78. The van der Waals surface area contributed by atoms with Crippen LogP contribution in [0.3, 0.4) is 0 Å². The first-order chi connectivity index (χ1) is 9.40. The molecule has 0 aliphatic heterocycles. The Kier molecular flexibility index (Phi) is 3.61. The van der Waals surface area contributed by atoms with Crippen molar-refractivity contribution < 1.29 is 0 Å². The van der Waals surface area contributed by atoms with Gasteiger partial charge in [-0.1, -0.05) is 18.2 Å². The summed E-state index contributed by atoms with van der Waals surface area (Å²) in [6.45, 7) is 1.68. The predicted molar refractivity (Wildman–Crippen MR) is 79.4 cm³/mol. The summed E-state index contributed by atoms with van der Waals surface area (Å²) >= 11 is 1.77. The molecule has 0 aliphatic carbocycles. The molecular weight excluding hydrogens is 254 g/mol. The average Bonchev–Trinajstić information content (AvgIpc) is 3.10. The highest BCUT2D eigenvalue weighted by Crippen LogP contribution is 2.15. The molecule has 1 N–H and O–H groups in total. The minimum absolute atomic E-state index is 0.807. The zero-order valence-electron chi connectivity index (χ0n) is 10.5. The van der Waals surface area contributed by atoms with Crippen LogP contribution >= 0.6 is 11.3 Å². The van der Waals surface area contributed by atoms with Crippen molar-refractivity contribution in [2.24, 2.45) is 0 Å². The number of hydrogen-bond acceptors (Lipinski definition) is 3. The molecule has 19 heavy (non-hydrogen) atoms. The van der Waals surface area contributed by atoms with Crippen LogP contribution < -0.4 is 5.32 Å². The third-order valence-corrected chi connectivity index (χ3v) is 3.75. The van der Waals surface area contributed by atoms with E-state index in [1.165, 1.54) is 10.4 Å². The molecule has 0 bridgehead atoms. The number of nitrogens with one attached hydrogen (secondary N) is 1. The molecule has 0 fully saturated rings. The van der Waals surface area contributed by atoms with Crippen molar-refractivity contribution in [2.75, 3.05) is 5.32 Å². The van der Waals surface area contributed by atoms with E-state index in [9.17, 15) is 0 Å². The largest absolute Gasteiger partial charge is 0.380 e. The van der Waals surface area contributed by atoms with Crippen LogP contribution in [-0.2, 0) is 13.1 Å². The van der Waals surface area contributed by atoms with Crippen molar-refractivity contribution in [3.8, 4) is 0 Å². The third-order valence-electron chi connectivity index (χ3n) is 2.88. The lowest BCUT2D eigenvalue weighted by Gasteiger charge is -2.07. The fourth-order valence-electron chi connectivity index (χ4n) is 1.96. The molecule has 0 aliphatic rings. The lowest BCUT2D eigenvalue weighted by molar-refractivity contribution is 0.687. The summed E-state index contributed by atoms with van der Waals surface area (Å²) in [5.41, 5.74) is 2.40. The smallest absolute Gasteiger partial charge is 0.0660 e. The molecule has 0 amide bonds. The molecule has 2 heterocycles. The van der Waals surface area contributed by atoms with Gasteiger partial charge in [-0.3, -0.25) is 4.68 Å². The zero-order valence-corrected chi connectivity index (χ0v) is 11.3. The highest BCUT2D eigenvalue weighted by Gasteiger charge is 1.98. The first-order valence-electron chi connectivity index (χ1n) is 6.23. The Morgan fingerprint density at radius 3 is 2.95 bits per heavy atom. The molecule has 96 valence electrons. The van der Waals surface area contributed by atoms with Crippen LogP contribution in [0, 0.1) is 0 Å². The molecule has 3 rings (SSSR count). The predicted octanol–water partition coefficient (Wildman–Crippen LogP) is 3.61. The van der Waals surface area contributed by atoms with Gasteiger partial charge in [-0.05, 0) is 35.2 Å². The first-order valence-corrected chi connectivity index (χ1v) is 7.11. The number of aromatic nitrogens is 2. The highest BCUT2D eigenvalue weighted by molar-refractivity contribution is 7.09. The van der Waals surface area contributed by atoms with Crippen molar-refractivity contribution >= 4 is 17.0 Å². The quantitative estimate of drug-likeness (QED) is 0.767. The summed E-state index contributed by atoms with van der Waals surface area (Å²) in [7, 11) is 0. The van der Waals surface area contributed by atoms with Gasteiger partial charge in [0.1, 0.15) is 0 Å². The van der Waals surface area contributed by atoms with Crippen LogP contribution in [0.2, 0.25) is 0 Å². The minimum Gasteiger partial charge on any atom is -0.380 e. The van der Waals surface area contributed by atoms with E-state index in [-0.39, 0.29) is 0 Å². The number of nitrogens with zero attached hydrogens (tertiary/aromatic N) is 2. The third kappa shape index (κ3) is 3.23. The standard InChI is InChI=1S/C15H15N3S/c1-4-13(12-18-8-3-7-17-18)10-14(5-1)16-11-15-6-2-9-19-15/h1-10,16H,11-12H2. The number of thiophene rings is 1. The Morgan fingerprint density at radius 2 is 2.16 bits per heavy atom. The molecule has 3 aromatic rings. The van der Waals surface area contributed by atoms with Crippen LogP contribution in [0.5, 0.6) is 0 Å². The van der Waals surface area contributed by atoms with Crippen molar-refractivity contribution in [1.29, 1.82) is 0 Å². The second-order valence-electron chi connectivity index (χ2n) is 4.34. The van der Waals surface area contributed by atoms with E-state index in [0.29, 0.717) is 0 Å². The molecule has 1 aromatic carbocycles. The van der Waals surface area contributed by atoms with Crippen molar-refractivity contribution in [1.82, 2.24) is 9.78 Å². The fourth-order valence-corrected chi connectivity index (χ4v) is 2.61. The SMILES string of the molecule is c1cc(Cn2cccn2)cc(NCc2cccs2)c1.